The highest BCUT2D eigenvalue weighted by Crippen LogP contribution is 2.35. The van der Waals surface area contributed by atoms with E-state index in [1.54, 1.807) is 30.6 Å². The van der Waals surface area contributed by atoms with Crippen LogP contribution in [-0.4, -0.2) is 35.2 Å². The normalized spacial score (nSPS) is 13.4. The predicted octanol–water partition coefficient (Wildman–Crippen LogP) is 3.02. The first-order valence-corrected chi connectivity index (χ1v) is 8.38. The fourth-order valence-corrected chi connectivity index (χ4v) is 2.59. The van der Waals surface area contributed by atoms with Crippen LogP contribution in [0.25, 0.3) is 0 Å². The smallest absolute Gasteiger partial charge is 0.261 e. The molecule has 1 aromatic carbocycles. The quantitative estimate of drug-likeness (QED) is 0.774. The summed E-state index contributed by atoms with van der Waals surface area (Å²) >= 11 is 0. The van der Waals surface area contributed by atoms with Crippen molar-refractivity contribution in [2.45, 2.75) is 32.9 Å². The fraction of sp³-hybridized carbons (Fsp3) is 0.368. The molecule has 1 aromatic heterocycles. The summed E-state index contributed by atoms with van der Waals surface area (Å²) in [5.74, 6) is 1.86. The average Bonchev–Trinajstić information content (AvgIpc) is 3.12. The summed E-state index contributed by atoms with van der Waals surface area (Å²) in [7, 11) is 0. The number of fused-ring (bicyclic) bond motifs is 1. The standard InChI is InChI=1S/C19H22N2O4/c1-3-14(2)21(11-15-5-4-8-20-10-15)19(22)12-23-16-6-7-17-18(9-16)25-13-24-17/h4-10,14H,3,11-13H2,1-2H3/t14-/m0/s1. The van der Waals surface area contributed by atoms with Crippen LogP contribution in [0.5, 0.6) is 17.2 Å². The van der Waals surface area contributed by atoms with Crippen LogP contribution >= 0.6 is 0 Å². The number of aromatic nitrogens is 1. The molecule has 3 rings (SSSR count). The van der Waals surface area contributed by atoms with Crippen molar-refractivity contribution in [1.82, 2.24) is 9.88 Å². The van der Waals surface area contributed by atoms with Gasteiger partial charge in [-0.15, -0.1) is 0 Å². The summed E-state index contributed by atoms with van der Waals surface area (Å²) in [6, 6.07) is 9.25. The molecule has 2 heterocycles. The lowest BCUT2D eigenvalue weighted by molar-refractivity contribution is -0.136. The lowest BCUT2D eigenvalue weighted by Gasteiger charge is -2.28. The summed E-state index contributed by atoms with van der Waals surface area (Å²) in [4.78, 5) is 18.6. The van der Waals surface area contributed by atoms with Crippen LogP contribution in [0.15, 0.2) is 42.7 Å². The number of pyridine rings is 1. The molecule has 6 heteroatoms. The van der Waals surface area contributed by atoms with Gasteiger partial charge in [0, 0.05) is 31.0 Å². The summed E-state index contributed by atoms with van der Waals surface area (Å²) in [6.07, 6.45) is 4.37. The van der Waals surface area contributed by atoms with Gasteiger partial charge in [-0.1, -0.05) is 13.0 Å². The van der Waals surface area contributed by atoms with Crippen LogP contribution in [0, 0.1) is 0 Å². The van der Waals surface area contributed by atoms with Gasteiger partial charge < -0.3 is 19.1 Å². The first kappa shape index (κ1) is 17.1. The van der Waals surface area contributed by atoms with Gasteiger partial charge in [-0.3, -0.25) is 9.78 Å². The second-order valence-corrected chi connectivity index (χ2v) is 5.94. The van der Waals surface area contributed by atoms with Crippen molar-refractivity contribution < 1.29 is 19.0 Å². The van der Waals surface area contributed by atoms with E-state index in [1.807, 2.05) is 24.0 Å². The molecule has 25 heavy (non-hydrogen) atoms. The Hall–Kier alpha value is -2.76. The van der Waals surface area contributed by atoms with Gasteiger partial charge in [-0.05, 0) is 37.1 Å². The minimum atomic E-state index is -0.0594. The van der Waals surface area contributed by atoms with Gasteiger partial charge in [0.2, 0.25) is 6.79 Å². The Labute approximate surface area is 147 Å². The zero-order valence-corrected chi connectivity index (χ0v) is 14.5. The fourth-order valence-electron chi connectivity index (χ4n) is 2.59. The van der Waals surface area contributed by atoms with Gasteiger partial charge in [0.1, 0.15) is 5.75 Å². The van der Waals surface area contributed by atoms with E-state index in [9.17, 15) is 4.79 Å². The van der Waals surface area contributed by atoms with Crippen molar-refractivity contribution >= 4 is 5.91 Å². The maximum atomic E-state index is 12.7. The largest absolute Gasteiger partial charge is 0.484 e. The van der Waals surface area contributed by atoms with Crippen molar-refractivity contribution in [3.63, 3.8) is 0 Å². The minimum absolute atomic E-state index is 0.0236. The van der Waals surface area contributed by atoms with Crippen LogP contribution in [0.3, 0.4) is 0 Å². The molecule has 1 aliphatic heterocycles. The number of rotatable bonds is 7. The van der Waals surface area contributed by atoms with Crippen LogP contribution < -0.4 is 14.2 Å². The topological polar surface area (TPSA) is 60.9 Å². The zero-order valence-electron chi connectivity index (χ0n) is 14.5. The van der Waals surface area contributed by atoms with Crippen molar-refractivity contribution in [3.8, 4) is 17.2 Å². The Balaban J connectivity index is 1.63. The molecule has 1 aliphatic rings. The van der Waals surface area contributed by atoms with Gasteiger partial charge >= 0.3 is 0 Å². The Kier molecular flexibility index (Phi) is 5.38. The second-order valence-electron chi connectivity index (χ2n) is 5.94. The molecule has 6 nitrogen and oxygen atoms in total. The number of carbonyl (C=O) groups excluding carboxylic acids is 1. The van der Waals surface area contributed by atoms with E-state index in [0.29, 0.717) is 23.8 Å². The Morgan fingerprint density at radius 3 is 2.92 bits per heavy atom. The van der Waals surface area contributed by atoms with Crippen molar-refractivity contribution in [2.75, 3.05) is 13.4 Å². The lowest BCUT2D eigenvalue weighted by Crippen LogP contribution is -2.40. The van der Waals surface area contributed by atoms with E-state index in [2.05, 4.69) is 11.9 Å². The van der Waals surface area contributed by atoms with Crippen molar-refractivity contribution in [3.05, 3.63) is 48.3 Å². The van der Waals surface area contributed by atoms with Gasteiger partial charge in [0.15, 0.2) is 18.1 Å². The highest BCUT2D eigenvalue weighted by Gasteiger charge is 2.20. The molecule has 1 atom stereocenters. The van der Waals surface area contributed by atoms with Gasteiger partial charge in [-0.25, -0.2) is 0 Å². The van der Waals surface area contributed by atoms with Crippen LogP contribution in [0.2, 0.25) is 0 Å². The summed E-state index contributed by atoms with van der Waals surface area (Å²) < 4.78 is 16.3. The van der Waals surface area contributed by atoms with Crippen molar-refractivity contribution in [2.24, 2.45) is 0 Å². The molecule has 2 aromatic rings. The maximum Gasteiger partial charge on any atom is 0.261 e. The van der Waals surface area contributed by atoms with Gasteiger partial charge in [0.05, 0.1) is 0 Å². The first-order chi connectivity index (χ1) is 12.2. The van der Waals surface area contributed by atoms with E-state index >= 15 is 0 Å². The molecule has 0 radical (unpaired) electrons. The highest BCUT2D eigenvalue weighted by molar-refractivity contribution is 5.78. The average molecular weight is 342 g/mol. The molecular formula is C19H22N2O4. The molecule has 0 saturated carbocycles. The van der Waals surface area contributed by atoms with E-state index in [1.165, 1.54) is 0 Å². The molecule has 1 amide bonds. The van der Waals surface area contributed by atoms with E-state index in [0.717, 1.165) is 12.0 Å². The number of benzene rings is 1. The number of hydrogen-bond donors (Lipinski definition) is 0. The SMILES string of the molecule is CC[C@H](C)N(Cc1cccnc1)C(=O)COc1ccc2c(c1)OCO2. The molecule has 0 N–H and O–H groups in total. The summed E-state index contributed by atoms with van der Waals surface area (Å²) in [5.41, 5.74) is 0.999. The third-order valence-corrected chi connectivity index (χ3v) is 4.23. The summed E-state index contributed by atoms with van der Waals surface area (Å²) in [6.45, 7) is 4.81. The Morgan fingerprint density at radius 1 is 1.32 bits per heavy atom. The third kappa shape index (κ3) is 4.21. The monoisotopic (exact) mass is 342 g/mol. The molecule has 0 fully saturated rings. The number of hydrogen-bond acceptors (Lipinski definition) is 5. The second kappa shape index (κ2) is 7.88. The van der Waals surface area contributed by atoms with E-state index in [-0.39, 0.29) is 25.3 Å². The lowest BCUT2D eigenvalue weighted by atomic mass is 10.2. The molecule has 0 spiro atoms. The number of nitrogens with zero attached hydrogens (tertiary/aromatic N) is 2. The minimum Gasteiger partial charge on any atom is -0.484 e. The molecule has 0 unspecified atom stereocenters. The molecule has 0 bridgehead atoms. The molecule has 132 valence electrons. The molecular weight excluding hydrogens is 320 g/mol. The molecule has 0 saturated heterocycles. The Bertz CT molecular complexity index is 721. The number of ether oxygens (including phenoxy) is 3. The van der Waals surface area contributed by atoms with Gasteiger partial charge in [0.25, 0.3) is 5.91 Å². The van der Waals surface area contributed by atoms with E-state index in [4.69, 9.17) is 14.2 Å². The van der Waals surface area contributed by atoms with E-state index < -0.39 is 0 Å². The predicted molar refractivity (Wildman–Crippen MR) is 92.6 cm³/mol. The first-order valence-electron chi connectivity index (χ1n) is 8.38. The zero-order chi connectivity index (χ0) is 17.6. The van der Waals surface area contributed by atoms with Crippen LogP contribution in [0.1, 0.15) is 25.8 Å². The van der Waals surface area contributed by atoms with Crippen LogP contribution in [-0.2, 0) is 11.3 Å². The summed E-state index contributed by atoms with van der Waals surface area (Å²) in [5, 5.41) is 0. The maximum absolute atomic E-state index is 12.7. The number of carbonyl (C=O) groups is 1. The Morgan fingerprint density at radius 2 is 2.16 bits per heavy atom. The number of amides is 1. The van der Waals surface area contributed by atoms with Crippen molar-refractivity contribution in [1.29, 1.82) is 0 Å². The highest BCUT2D eigenvalue weighted by atomic mass is 16.7. The van der Waals surface area contributed by atoms with Gasteiger partial charge in [-0.2, -0.15) is 0 Å². The molecule has 0 aliphatic carbocycles. The van der Waals surface area contributed by atoms with Crippen LogP contribution in [0.4, 0.5) is 0 Å². The third-order valence-electron chi connectivity index (χ3n) is 4.23.